The van der Waals surface area contributed by atoms with Crippen LogP contribution in [0.5, 0.6) is 0 Å². The van der Waals surface area contributed by atoms with Crippen molar-refractivity contribution < 1.29 is 33.7 Å². The maximum atomic E-state index is 11.8. The van der Waals surface area contributed by atoms with E-state index in [0.717, 1.165) is 26.0 Å². The zero-order valence-corrected chi connectivity index (χ0v) is 13.3. The fourth-order valence-electron chi connectivity index (χ4n) is 1.50. The summed E-state index contributed by atoms with van der Waals surface area (Å²) in [6.45, 7) is 1.68. The molecule has 0 aliphatic carbocycles. The summed E-state index contributed by atoms with van der Waals surface area (Å²) in [7, 11) is 3.33. The molecule has 0 atom stereocenters. The second-order valence-corrected chi connectivity index (χ2v) is 5.00. The van der Waals surface area contributed by atoms with Gasteiger partial charge in [0, 0.05) is 5.75 Å². The standard InChI is InChI=1S/C13H15NO7S/c1-6-5-22-10(14-8(6)12(17)20-3)7(11(16)19-2)9(15)13(18)21-4/h15H,5H2,1-4H3/b9-7+. The van der Waals surface area contributed by atoms with Crippen LogP contribution < -0.4 is 0 Å². The molecule has 22 heavy (non-hydrogen) atoms. The van der Waals surface area contributed by atoms with E-state index in [1.807, 2.05) is 0 Å². The number of aliphatic imine (C=N–C) groups is 1. The van der Waals surface area contributed by atoms with Crippen molar-refractivity contribution in [3.05, 3.63) is 22.6 Å². The van der Waals surface area contributed by atoms with Crippen molar-refractivity contribution in [1.82, 2.24) is 0 Å². The molecule has 0 saturated carbocycles. The first-order valence-corrected chi connectivity index (χ1v) is 6.95. The van der Waals surface area contributed by atoms with Gasteiger partial charge in [-0.15, -0.1) is 11.8 Å². The lowest BCUT2D eigenvalue weighted by atomic mass is 10.2. The molecule has 9 heteroatoms. The number of esters is 3. The highest BCUT2D eigenvalue weighted by Gasteiger charge is 2.30. The Balaban J connectivity index is 3.42. The maximum Gasteiger partial charge on any atom is 0.374 e. The summed E-state index contributed by atoms with van der Waals surface area (Å²) < 4.78 is 13.5. The van der Waals surface area contributed by atoms with Crippen molar-refractivity contribution in [2.45, 2.75) is 6.92 Å². The Morgan fingerprint density at radius 3 is 2.18 bits per heavy atom. The van der Waals surface area contributed by atoms with Crippen molar-refractivity contribution in [3.63, 3.8) is 0 Å². The maximum absolute atomic E-state index is 11.8. The highest BCUT2D eigenvalue weighted by Crippen LogP contribution is 2.28. The highest BCUT2D eigenvalue weighted by molar-refractivity contribution is 8.14. The van der Waals surface area contributed by atoms with Gasteiger partial charge in [0.1, 0.15) is 16.3 Å². The van der Waals surface area contributed by atoms with Crippen LogP contribution >= 0.6 is 11.8 Å². The summed E-state index contributed by atoms with van der Waals surface area (Å²) in [6.07, 6.45) is 0. The number of carbonyl (C=O) groups excluding carboxylic acids is 3. The molecule has 0 fully saturated rings. The monoisotopic (exact) mass is 329 g/mol. The van der Waals surface area contributed by atoms with Crippen LogP contribution in [0.25, 0.3) is 0 Å². The first-order valence-electron chi connectivity index (χ1n) is 5.97. The van der Waals surface area contributed by atoms with Gasteiger partial charge in [0.25, 0.3) is 0 Å². The lowest BCUT2D eigenvalue weighted by Crippen LogP contribution is -2.22. The quantitative estimate of drug-likeness (QED) is 0.348. The minimum atomic E-state index is -1.12. The minimum absolute atomic E-state index is 0.00955. The van der Waals surface area contributed by atoms with E-state index in [2.05, 4.69) is 19.2 Å². The Bertz CT molecular complexity index is 604. The number of hydrogen-bond donors (Lipinski definition) is 1. The van der Waals surface area contributed by atoms with E-state index in [4.69, 9.17) is 0 Å². The Morgan fingerprint density at radius 2 is 1.68 bits per heavy atom. The SMILES string of the molecule is COC(=O)C1=C(C)CSC(/C(C(=O)OC)=C(\O)C(=O)OC)=N1. The third-order valence-corrected chi connectivity index (χ3v) is 3.79. The molecule has 0 aromatic carbocycles. The Labute approximate surface area is 130 Å². The van der Waals surface area contributed by atoms with Gasteiger partial charge in [-0.1, -0.05) is 0 Å². The summed E-state index contributed by atoms with van der Waals surface area (Å²) >= 11 is 1.07. The third-order valence-electron chi connectivity index (χ3n) is 2.64. The third kappa shape index (κ3) is 3.67. The number of aliphatic hydroxyl groups is 1. The van der Waals surface area contributed by atoms with Crippen molar-refractivity contribution in [2.24, 2.45) is 4.99 Å². The normalized spacial score (nSPS) is 15.5. The lowest BCUT2D eigenvalue weighted by Gasteiger charge is -2.16. The summed E-state index contributed by atoms with van der Waals surface area (Å²) in [5.74, 6) is -3.38. The van der Waals surface area contributed by atoms with Crippen LogP contribution in [0.3, 0.4) is 0 Å². The van der Waals surface area contributed by atoms with Crippen LogP contribution in [0.4, 0.5) is 0 Å². The molecule has 120 valence electrons. The number of aliphatic hydroxyl groups excluding tert-OH is 1. The number of carbonyl (C=O) groups is 3. The van der Waals surface area contributed by atoms with Crippen LogP contribution in [0, 0.1) is 0 Å². The van der Waals surface area contributed by atoms with Gasteiger partial charge in [-0.3, -0.25) is 0 Å². The Morgan fingerprint density at radius 1 is 1.09 bits per heavy atom. The van der Waals surface area contributed by atoms with Crippen LogP contribution in [-0.2, 0) is 28.6 Å². The lowest BCUT2D eigenvalue weighted by molar-refractivity contribution is -0.141. The van der Waals surface area contributed by atoms with Crippen molar-refractivity contribution >= 4 is 34.7 Å². The number of methoxy groups -OCH3 is 3. The number of nitrogens with zero attached hydrogens (tertiary/aromatic N) is 1. The molecule has 8 nitrogen and oxygen atoms in total. The molecule has 1 heterocycles. The molecule has 0 radical (unpaired) electrons. The number of thioether (sulfide) groups is 1. The van der Waals surface area contributed by atoms with Gasteiger partial charge in [0.15, 0.2) is 0 Å². The van der Waals surface area contributed by atoms with Crippen molar-refractivity contribution in [2.75, 3.05) is 27.1 Å². The van der Waals surface area contributed by atoms with E-state index in [1.165, 1.54) is 7.11 Å². The molecule has 1 aliphatic rings. The highest BCUT2D eigenvalue weighted by atomic mass is 32.2. The molecule has 1 rings (SSSR count). The number of rotatable bonds is 4. The first kappa shape index (κ1) is 17.8. The van der Waals surface area contributed by atoms with Gasteiger partial charge in [-0.25, -0.2) is 19.4 Å². The predicted octanol–water partition coefficient (Wildman–Crippen LogP) is 0.737. The van der Waals surface area contributed by atoms with Crippen LogP contribution in [0.2, 0.25) is 0 Å². The Kier molecular flexibility index (Phi) is 6.17. The molecule has 0 saturated heterocycles. The molecule has 0 aromatic heterocycles. The minimum Gasteiger partial charge on any atom is -0.501 e. The van der Waals surface area contributed by atoms with Gasteiger partial charge >= 0.3 is 17.9 Å². The average Bonchev–Trinajstić information content (AvgIpc) is 2.54. The molecule has 0 spiro atoms. The van der Waals surface area contributed by atoms with E-state index in [0.29, 0.717) is 11.3 Å². The summed E-state index contributed by atoms with van der Waals surface area (Å²) in [5.41, 5.74) is 0.186. The first-order chi connectivity index (χ1) is 10.4. The average molecular weight is 329 g/mol. The van der Waals surface area contributed by atoms with E-state index in [-0.39, 0.29) is 10.7 Å². The van der Waals surface area contributed by atoms with Crippen molar-refractivity contribution in [1.29, 1.82) is 0 Å². The molecule has 0 aromatic rings. The summed E-state index contributed by atoms with van der Waals surface area (Å²) in [4.78, 5) is 38.9. The zero-order valence-electron chi connectivity index (χ0n) is 12.5. The van der Waals surface area contributed by atoms with Crippen LogP contribution in [-0.4, -0.2) is 55.1 Å². The molecular formula is C13H15NO7S. The van der Waals surface area contributed by atoms with Gasteiger partial charge in [0.05, 0.1) is 21.3 Å². The van der Waals surface area contributed by atoms with Gasteiger partial charge in [0.2, 0.25) is 5.76 Å². The topological polar surface area (TPSA) is 111 Å². The number of hydrogen-bond acceptors (Lipinski definition) is 9. The second kappa shape index (κ2) is 7.64. The predicted molar refractivity (Wildman–Crippen MR) is 78.3 cm³/mol. The zero-order chi connectivity index (χ0) is 16.9. The van der Waals surface area contributed by atoms with Crippen LogP contribution in [0.15, 0.2) is 27.6 Å². The molecule has 1 N–H and O–H groups in total. The van der Waals surface area contributed by atoms with Crippen LogP contribution in [0.1, 0.15) is 6.92 Å². The summed E-state index contributed by atoms with van der Waals surface area (Å²) in [5, 5.41) is 9.83. The largest absolute Gasteiger partial charge is 0.501 e. The van der Waals surface area contributed by atoms with E-state index in [1.54, 1.807) is 6.92 Å². The van der Waals surface area contributed by atoms with Gasteiger partial charge < -0.3 is 19.3 Å². The Hall–Kier alpha value is -2.29. The molecule has 0 amide bonds. The van der Waals surface area contributed by atoms with Gasteiger partial charge in [-0.2, -0.15) is 0 Å². The van der Waals surface area contributed by atoms with Gasteiger partial charge in [-0.05, 0) is 12.5 Å². The summed E-state index contributed by atoms with van der Waals surface area (Å²) in [6, 6.07) is 0. The fourth-order valence-corrected chi connectivity index (χ4v) is 2.48. The number of ether oxygens (including phenoxy) is 3. The van der Waals surface area contributed by atoms with E-state index in [9.17, 15) is 19.5 Å². The molecule has 0 bridgehead atoms. The fraction of sp³-hybridized carbons (Fsp3) is 0.385. The van der Waals surface area contributed by atoms with E-state index < -0.39 is 29.2 Å². The smallest absolute Gasteiger partial charge is 0.374 e. The van der Waals surface area contributed by atoms with E-state index >= 15 is 0 Å². The van der Waals surface area contributed by atoms with Crippen molar-refractivity contribution in [3.8, 4) is 0 Å². The molecule has 1 aliphatic heterocycles. The second-order valence-electron chi connectivity index (χ2n) is 4.03. The molecular weight excluding hydrogens is 314 g/mol. The molecule has 0 unspecified atom stereocenters.